The molecule has 2 rings (SSSR count). The van der Waals surface area contributed by atoms with Gasteiger partial charge in [-0.25, -0.2) is 4.39 Å². The lowest BCUT2D eigenvalue weighted by atomic mass is 10.0. The second kappa shape index (κ2) is 6.46. The number of likely N-dealkylation sites (tertiary alicyclic amines) is 1. The van der Waals surface area contributed by atoms with Crippen molar-refractivity contribution in [1.29, 1.82) is 0 Å². The average molecular weight is 265 g/mol. The van der Waals surface area contributed by atoms with E-state index in [0.29, 0.717) is 18.0 Å². The van der Waals surface area contributed by atoms with Crippen molar-refractivity contribution >= 4 is 0 Å². The summed E-state index contributed by atoms with van der Waals surface area (Å²) in [5, 5.41) is 0. The van der Waals surface area contributed by atoms with Crippen molar-refractivity contribution in [2.75, 3.05) is 40.3 Å². The first-order chi connectivity index (χ1) is 9.11. The molecule has 0 bridgehead atoms. The van der Waals surface area contributed by atoms with Crippen LogP contribution >= 0.6 is 0 Å². The molecule has 2 atom stereocenters. The molecule has 2 unspecified atom stereocenters. The number of likely N-dealkylation sites (N-methyl/N-ethyl adjacent to an activating group) is 1. The van der Waals surface area contributed by atoms with Gasteiger partial charge in [0.15, 0.2) is 0 Å². The third-order valence-corrected chi connectivity index (χ3v) is 4.05. The zero-order chi connectivity index (χ0) is 13.8. The topological polar surface area (TPSA) is 32.5 Å². The fraction of sp³-hybridized carbons (Fsp3) is 0.600. The quantitative estimate of drug-likeness (QED) is 0.879. The zero-order valence-corrected chi connectivity index (χ0v) is 11.8. The molecule has 106 valence electrons. The van der Waals surface area contributed by atoms with Crippen LogP contribution in [0, 0.1) is 11.7 Å². The van der Waals surface area contributed by atoms with Crippen LogP contribution in [0.5, 0.6) is 0 Å². The predicted octanol–water partition coefficient (Wildman–Crippen LogP) is 1.71. The highest BCUT2D eigenvalue weighted by atomic mass is 19.1. The van der Waals surface area contributed by atoms with Crippen molar-refractivity contribution in [3.05, 3.63) is 35.6 Å². The van der Waals surface area contributed by atoms with Gasteiger partial charge in [-0.2, -0.15) is 0 Å². The molecule has 1 fully saturated rings. The van der Waals surface area contributed by atoms with Crippen LogP contribution in [0.4, 0.5) is 4.39 Å². The van der Waals surface area contributed by atoms with Crippen LogP contribution < -0.4 is 5.73 Å². The molecule has 0 spiro atoms. The van der Waals surface area contributed by atoms with Crippen LogP contribution in [0.2, 0.25) is 0 Å². The van der Waals surface area contributed by atoms with E-state index < -0.39 is 0 Å². The van der Waals surface area contributed by atoms with Gasteiger partial charge >= 0.3 is 0 Å². The maximum Gasteiger partial charge on any atom is 0.128 e. The summed E-state index contributed by atoms with van der Waals surface area (Å²) in [6.45, 7) is 3.70. The Hall–Kier alpha value is -0.970. The minimum absolute atomic E-state index is 0.0351. The van der Waals surface area contributed by atoms with Crippen molar-refractivity contribution in [1.82, 2.24) is 9.80 Å². The molecular formula is C15H24FN3. The van der Waals surface area contributed by atoms with Crippen molar-refractivity contribution in [3.63, 3.8) is 0 Å². The highest BCUT2D eigenvalue weighted by molar-refractivity contribution is 5.21. The van der Waals surface area contributed by atoms with Crippen LogP contribution in [0.15, 0.2) is 24.3 Å². The maximum absolute atomic E-state index is 13.9. The molecule has 1 aromatic carbocycles. The molecule has 0 aromatic heterocycles. The summed E-state index contributed by atoms with van der Waals surface area (Å²) in [7, 11) is 4.19. The number of nitrogens with two attached hydrogens (primary N) is 1. The molecule has 0 saturated carbocycles. The predicted molar refractivity (Wildman–Crippen MR) is 76.4 cm³/mol. The molecule has 4 heteroatoms. The van der Waals surface area contributed by atoms with E-state index in [1.165, 1.54) is 12.5 Å². The van der Waals surface area contributed by atoms with E-state index in [4.69, 9.17) is 5.73 Å². The van der Waals surface area contributed by atoms with E-state index in [0.717, 1.165) is 19.6 Å². The second-order valence-corrected chi connectivity index (χ2v) is 5.63. The first-order valence-electron chi connectivity index (χ1n) is 6.95. The van der Waals surface area contributed by atoms with Crippen LogP contribution in [0.1, 0.15) is 18.0 Å². The zero-order valence-electron chi connectivity index (χ0n) is 11.8. The van der Waals surface area contributed by atoms with Gasteiger partial charge in [-0.1, -0.05) is 18.2 Å². The van der Waals surface area contributed by atoms with Gasteiger partial charge in [-0.15, -0.1) is 0 Å². The normalized spacial score (nSPS) is 22.1. The molecule has 1 saturated heterocycles. The molecule has 1 heterocycles. The van der Waals surface area contributed by atoms with Crippen LogP contribution in [-0.2, 0) is 0 Å². The van der Waals surface area contributed by atoms with E-state index in [9.17, 15) is 4.39 Å². The van der Waals surface area contributed by atoms with Crippen LogP contribution in [0.25, 0.3) is 0 Å². The van der Waals surface area contributed by atoms with Gasteiger partial charge in [0.2, 0.25) is 0 Å². The lowest BCUT2D eigenvalue weighted by molar-refractivity contribution is 0.208. The number of nitrogens with zero attached hydrogens (tertiary/aromatic N) is 2. The van der Waals surface area contributed by atoms with Gasteiger partial charge in [0.25, 0.3) is 0 Å². The summed E-state index contributed by atoms with van der Waals surface area (Å²) in [5.41, 5.74) is 6.56. The lowest BCUT2D eigenvalue weighted by Crippen LogP contribution is -2.35. The van der Waals surface area contributed by atoms with E-state index in [-0.39, 0.29) is 11.9 Å². The summed E-state index contributed by atoms with van der Waals surface area (Å²) in [6, 6.07) is 6.91. The molecular weight excluding hydrogens is 241 g/mol. The van der Waals surface area contributed by atoms with Gasteiger partial charge in [-0.3, -0.25) is 4.90 Å². The number of hydrogen-bond donors (Lipinski definition) is 1. The molecule has 1 aliphatic rings. The van der Waals surface area contributed by atoms with Gasteiger partial charge in [0.05, 0.1) is 0 Å². The molecule has 0 aliphatic carbocycles. The van der Waals surface area contributed by atoms with Crippen LogP contribution in [-0.4, -0.2) is 50.1 Å². The molecule has 19 heavy (non-hydrogen) atoms. The van der Waals surface area contributed by atoms with E-state index in [1.54, 1.807) is 6.07 Å². The lowest BCUT2D eigenvalue weighted by Gasteiger charge is -2.29. The number of rotatable bonds is 5. The van der Waals surface area contributed by atoms with E-state index >= 15 is 0 Å². The van der Waals surface area contributed by atoms with Crippen molar-refractivity contribution in [2.45, 2.75) is 12.5 Å². The SMILES string of the molecule is CN1CCC(CN(C)C(CN)c2ccccc2F)C1. The van der Waals surface area contributed by atoms with E-state index in [2.05, 4.69) is 16.8 Å². The van der Waals surface area contributed by atoms with Crippen LogP contribution in [0.3, 0.4) is 0 Å². The third kappa shape index (κ3) is 3.53. The minimum Gasteiger partial charge on any atom is -0.329 e. The Morgan fingerprint density at radius 1 is 1.47 bits per heavy atom. The van der Waals surface area contributed by atoms with Crippen molar-refractivity contribution in [3.8, 4) is 0 Å². The molecule has 0 amide bonds. The average Bonchev–Trinajstić information content (AvgIpc) is 2.78. The third-order valence-electron chi connectivity index (χ3n) is 4.05. The fourth-order valence-electron chi connectivity index (χ4n) is 3.00. The van der Waals surface area contributed by atoms with Gasteiger partial charge < -0.3 is 10.6 Å². The van der Waals surface area contributed by atoms with E-state index in [1.807, 2.05) is 19.2 Å². The Kier molecular flexibility index (Phi) is 4.91. The van der Waals surface area contributed by atoms with Crippen molar-refractivity contribution in [2.24, 2.45) is 11.7 Å². The fourth-order valence-corrected chi connectivity index (χ4v) is 3.00. The monoisotopic (exact) mass is 265 g/mol. The van der Waals surface area contributed by atoms with Gasteiger partial charge in [0, 0.05) is 31.2 Å². The Balaban J connectivity index is 2.03. The molecule has 1 aliphatic heterocycles. The summed E-state index contributed by atoms with van der Waals surface area (Å²) in [4.78, 5) is 4.54. The summed E-state index contributed by atoms with van der Waals surface area (Å²) >= 11 is 0. The standard InChI is InChI=1S/C15H24FN3/c1-18-8-7-12(10-18)11-19(2)15(9-17)13-5-3-4-6-14(13)16/h3-6,12,15H,7-11,17H2,1-2H3. The Labute approximate surface area is 115 Å². The highest BCUT2D eigenvalue weighted by Gasteiger charge is 2.25. The number of hydrogen-bond acceptors (Lipinski definition) is 3. The maximum atomic E-state index is 13.9. The van der Waals surface area contributed by atoms with Gasteiger partial charge in [0.1, 0.15) is 5.82 Å². The first kappa shape index (κ1) is 14.4. The Morgan fingerprint density at radius 2 is 2.21 bits per heavy atom. The second-order valence-electron chi connectivity index (χ2n) is 5.63. The number of halogens is 1. The summed E-state index contributed by atoms with van der Waals surface area (Å²) < 4.78 is 13.9. The summed E-state index contributed by atoms with van der Waals surface area (Å²) in [5.74, 6) is 0.504. The Morgan fingerprint density at radius 3 is 2.79 bits per heavy atom. The molecule has 2 N–H and O–H groups in total. The smallest absolute Gasteiger partial charge is 0.128 e. The summed E-state index contributed by atoms with van der Waals surface area (Å²) in [6.07, 6.45) is 1.22. The molecule has 0 radical (unpaired) electrons. The molecule has 1 aromatic rings. The highest BCUT2D eigenvalue weighted by Crippen LogP contribution is 2.24. The van der Waals surface area contributed by atoms with Gasteiger partial charge in [-0.05, 0) is 39.0 Å². The minimum atomic E-state index is -0.159. The largest absolute Gasteiger partial charge is 0.329 e. The first-order valence-corrected chi connectivity index (χ1v) is 6.95. The Bertz CT molecular complexity index is 410. The molecule has 3 nitrogen and oxygen atoms in total. The van der Waals surface area contributed by atoms with Crippen molar-refractivity contribution < 1.29 is 4.39 Å². The number of benzene rings is 1.